The maximum absolute atomic E-state index is 12.4. The SMILES string of the molecule is CC(=O)C[C@@H](C)COC1CCC(Oc2nc3cnc(OCC(F)F)c(Cl)c3n2C)CC1. The number of ether oxygens (including phenoxy) is 3. The van der Waals surface area contributed by atoms with Crippen molar-refractivity contribution in [2.24, 2.45) is 13.0 Å². The summed E-state index contributed by atoms with van der Waals surface area (Å²) in [5.41, 5.74) is 1.02. The molecule has 0 bridgehead atoms. The molecule has 2 aromatic rings. The molecule has 1 aliphatic carbocycles. The molecule has 3 rings (SSSR count). The molecule has 0 spiro atoms. The van der Waals surface area contributed by atoms with Crippen molar-refractivity contribution in [1.82, 2.24) is 14.5 Å². The normalized spacial score (nSPS) is 20.2. The number of rotatable bonds is 10. The summed E-state index contributed by atoms with van der Waals surface area (Å²) in [7, 11) is 1.75. The number of Topliss-reactive ketones (excluding diaryl/α,β-unsaturated/α-hetero) is 1. The molecule has 7 nitrogen and oxygen atoms in total. The summed E-state index contributed by atoms with van der Waals surface area (Å²) in [6.45, 7) is 3.42. The van der Waals surface area contributed by atoms with Gasteiger partial charge in [0, 0.05) is 20.1 Å². The minimum atomic E-state index is -2.62. The third-order valence-electron chi connectivity index (χ3n) is 5.27. The number of carbonyl (C=O) groups is 1. The van der Waals surface area contributed by atoms with Crippen LogP contribution in [-0.4, -0.2) is 52.2 Å². The lowest BCUT2D eigenvalue weighted by atomic mass is 9.95. The zero-order valence-electron chi connectivity index (χ0n) is 17.9. The number of ketones is 1. The van der Waals surface area contributed by atoms with Crippen molar-refractivity contribution in [2.75, 3.05) is 13.2 Å². The predicted molar refractivity (Wildman–Crippen MR) is 112 cm³/mol. The number of aryl methyl sites for hydroxylation is 1. The minimum Gasteiger partial charge on any atom is -0.470 e. The van der Waals surface area contributed by atoms with Crippen molar-refractivity contribution in [3.05, 3.63) is 11.2 Å². The third kappa shape index (κ3) is 6.26. The quantitative estimate of drug-likeness (QED) is 0.517. The first-order valence-corrected chi connectivity index (χ1v) is 10.8. The van der Waals surface area contributed by atoms with Crippen LogP contribution in [0, 0.1) is 5.92 Å². The Kier molecular flexibility index (Phi) is 8.05. The Morgan fingerprint density at radius 1 is 1.26 bits per heavy atom. The number of hydrogen-bond donors (Lipinski definition) is 0. The number of carbonyl (C=O) groups excluding carboxylic acids is 1. The Hall–Kier alpha value is -2.00. The van der Waals surface area contributed by atoms with Gasteiger partial charge in [0.15, 0.2) is 6.61 Å². The smallest absolute Gasteiger partial charge is 0.297 e. The second kappa shape index (κ2) is 10.5. The number of alkyl halides is 2. The van der Waals surface area contributed by atoms with Gasteiger partial charge in [-0.05, 0) is 38.5 Å². The summed E-state index contributed by atoms with van der Waals surface area (Å²) in [5, 5.41) is 0.125. The molecule has 0 amide bonds. The Labute approximate surface area is 185 Å². The maximum Gasteiger partial charge on any atom is 0.297 e. The fraction of sp³-hybridized carbons (Fsp3) is 0.667. The third-order valence-corrected chi connectivity index (χ3v) is 5.61. The highest BCUT2D eigenvalue weighted by Gasteiger charge is 2.26. The van der Waals surface area contributed by atoms with Crippen molar-refractivity contribution in [2.45, 2.75) is 64.6 Å². The number of fused-ring (bicyclic) bond motifs is 1. The number of pyridine rings is 1. The first-order valence-electron chi connectivity index (χ1n) is 10.4. The highest BCUT2D eigenvalue weighted by atomic mass is 35.5. The molecule has 0 N–H and O–H groups in total. The van der Waals surface area contributed by atoms with Crippen molar-refractivity contribution in [1.29, 1.82) is 0 Å². The van der Waals surface area contributed by atoms with Crippen LogP contribution in [0.3, 0.4) is 0 Å². The monoisotopic (exact) mass is 459 g/mol. The molecule has 0 aliphatic heterocycles. The molecule has 10 heteroatoms. The van der Waals surface area contributed by atoms with Crippen LogP contribution in [0.1, 0.15) is 46.0 Å². The van der Waals surface area contributed by atoms with Gasteiger partial charge in [0.25, 0.3) is 12.4 Å². The van der Waals surface area contributed by atoms with Gasteiger partial charge in [-0.15, -0.1) is 0 Å². The molecule has 172 valence electrons. The fourth-order valence-electron chi connectivity index (χ4n) is 3.79. The van der Waals surface area contributed by atoms with E-state index >= 15 is 0 Å². The number of imidazole rings is 1. The summed E-state index contributed by atoms with van der Waals surface area (Å²) in [4.78, 5) is 19.6. The van der Waals surface area contributed by atoms with Crippen molar-refractivity contribution in [3.63, 3.8) is 0 Å². The van der Waals surface area contributed by atoms with Crippen LogP contribution < -0.4 is 9.47 Å². The van der Waals surface area contributed by atoms with Crippen molar-refractivity contribution < 1.29 is 27.8 Å². The molecule has 1 aliphatic rings. The number of aromatic nitrogens is 3. The number of halogens is 3. The van der Waals surface area contributed by atoms with Crippen molar-refractivity contribution >= 4 is 28.4 Å². The van der Waals surface area contributed by atoms with Gasteiger partial charge in [-0.1, -0.05) is 18.5 Å². The zero-order valence-corrected chi connectivity index (χ0v) is 18.7. The topological polar surface area (TPSA) is 75.5 Å². The van der Waals surface area contributed by atoms with Gasteiger partial charge >= 0.3 is 0 Å². The molecule has 2 aromatic heterocycles. The van der Waals surface area contributed by atoms with Crippen LogP contribution >= 0.6 is 11.6 Å². The minimum absolute atomic E-state index is 0.00806. The molecule has 0 radical (unpaired) electrons. The molecule has 0 saturated heterocycles. The predicted octanol–water partition coefficient (Wildman–Crippen LogP) is 4.59. The summed E-state index contributed by atoms with van der Waals surface area (Å²) in [6, 6.07) is 0.393. The Morgan fingerprint density at radius 3 is 2.58 bits per heavy atom. The molecular formula is C21H28ClF2N3O4. The van der Waals surface area contributed by atoms with Gasteiger partial charge in [-0.25, -0.2) is 13.8 Å². The van der Waals surface area contributed by atoms with E-state index in [0.717, 1.165) is 25.7 Å². The van der Waals surface area contributed by atoms with E-state index in [-0.39, 0.29) is 34.8 Å². The van der Waals surface area contributed by atoms with E-state index in [0.29, 0.717) is 30.1 Å². The second-order valence-corrected chi connectivity index (χ2v) is 8.51. The molecule has 1 atom stereocenters. The Morgan fingerprint density at radius 2 is 1.94 bits per heavy atom. The number of hydrogen-bond acceptors (Lipinski definition) is 6. The molecule has 1 saturated carbocycles. The van der Waals surface area contributed by atoms with Gasteiger partial charge in [-0.2, -0.15) is 4.98 Å². The van der Waals surface area contributed by atoms with Gasteiger partial charge in [0.2, 0.25) is 5.88 Å². The molecule has 0 aromatic carbocycles. The van der Waals surface area contributed by atoms with E-state index in [9.17, 15) is 13.6 Å². The highest BCUT2D eigenvalue weighted by molar-refractivity contribution is 6.36. The van der Waals surface area contributed by atoms with Crippen LogP contribution in [0.4, 0.5) is 8.78 Å². The first kappa shape index (κ1) is 23.7. The van der Waals surface area contributed by atoms with E-state index in [1.807, 2.05) is 6.92 Å². The van der Waals surface area contributed by atoms with Crippen LogP contribution in [0.2, 0.25) is 5.02 Å². The molecule has 2 heterocycles. The molecule has 31 heavy (non-hydrogen) atoms. The highest BCUT2D eigenvalue weighted by Crippen LogP contribution is 2.34. The second-order valence-electron chi connectivity index (χ2n) is 8.13. The Balaban J connectivity index is 1.57. The van der Waals surface area contributed by atoms with Crippen molar-refractivity contribution in [3.8, 4) is 11.9 Å². The zero-order chi connectivity index (χ0) is 22.5. The van der Waals surface area contributed by atoms with Crippen LogP contribution in [0.5, 0.6) is 11.9 Å². The Bertz CT molecular complexity index is 900. The van der Waals surface area contributed by atoms with Crippen LogP contribution in [0.25, 0.3) is 11.0 Å². The molecular weight excluding hydrogens is 432 g/mol. The lowest BCUT2D eigenvalue weighted by molar-refractivity contribution is -0.118. The van der Waals surface area contributed by atoms with Gasteiger partial charge < -0.3 is 19.0 Å². The largest absolute Gasteiger partial charge is 0.470 e. The average Bonchev–Trinajstić information content (AvgIpc) is 3.02. The van der Waals surface area contributed by atoms with Gasteiger partial charge in [0.1, 0.15) is 22.4 Å². The summed E-state index contributed by atoms with van der Waals surface area (Å²) in [5.74, 6) is 0.346. The fourth-order valence-corrected chi connectivity index (χ4v) is 4.12. The van der Waals surface area contributed by atoms with E-state index in [1.165, 1.54) is 6.20 Å². The first-order chi connectivity index (χ1) is 14.7. The van der Waals surface area contributed by atoms with Crippen LogP contribution in [-0.2, 0) is 16.6 Å². The van der Waals surface area contributed by atoms with Gasteiger partial charge in [0.05, 0.1) is 17.8 Å². The van der Waals surface area contributed by atoms with E-state index in [2.05, 4.69) is 9.97 Å². The van der Waals surface area contributed by atoms with E-state index in [4.69, 9.17) is 25.8 Å². The standard InChI is InChI=1S/C21H28ClF2N3O4/c1-12(8-13(2)28)10-29-14-4-6-15(7-5-14)31-21-26-16-9-25-20(30-11-17(23)24)18(22)19(16)27(21)3/h9,12,14-15,17H,4-8,10-11H2,1-3H3/t12-,14?,15?/m1/s1. The average molecular weight is 460 g/mol. The van der Waals surface area contributed by atoms with Gasteiger partial charge in [-0.3, -0.25) is 4.57 Å². The maximum atomic E-state index is 12.4. The lowest BCUT2D eigenvalue weighted by Crippen LogP contribution is -2.30. The number of nitrogens with zero attached hydrogens (tertiary/aromatic N) is 3. The van der Waals surface area contributed by atoms with E-state index in [1.54, 1.807) is 18.5 Å². The summed E-state index contributed by atoms with van der Waals surface area (Å²) < 4.78 is 43.6. The molecule has 1 fully saturated rings. The molecule has 0 unspecified atom stereocenters. The van der Waals surface area contributed by atoms with E-state index < -0.39 is 13.0 Å². The summed E-state index contributed by atoms with van der Waals surface area (Å²) in [6.07, 6.45) is 2.90. The summed E-state index contributed by atoms with van der Waals surface area (Å²) >= 11 is 6.31. The lowest BCUT2D eigenvalue weighted by Gasteiger charge is -2.29. The van der Waals surface area contributed by atoms with Crippen LogP contribution in [0.15, 0.2) is 6.20 Å².